The molecule has 1 amide bonds. The average molecular weight is 401 g/mol. The van der Waals surface area contributed by atoms with E-state index >= 15 is 0 Å². The molecule has 5 nitrogen and oxygen atoms in total. The van der Waals surface area contributed by atoms with Crippen LogP contribution in [0.3, 0.4) is 0 Å². The Kier molecular flexibility index (Phi) is 9.41. The lowest BCUT2D eigenvalue weighted by Gasteiger charge is -2.28. The maximum absolute atomic E-state index is 12.2. The number of carbonyl (C=O) groups is 1. The van der Waals surface area contributed by atoms with Crippen LogP contribution in [0.2, 0.25) is 0 Å². The molecule has 1 aromatic heterocycles. The molecule has 0 radical (unpaired) electrons. The number of nitrogens with one attached hydrogen (secondary N) is 2. The Hall–Kier alpha value is -1.30. The minimum atomic E-state index is 0. The van der Waals surface area contributed by atoms with E-state index in [0.29, 0.717) is 24.8 Å². The van der Waals surface area contributed by atoms with Gasteiger partial charge >= 0.3 is 0 Å². The van der Waals surface area contributed by atoms with E-state index in [1.165, 1.54) is 12.8 Å². The monoisotopic (exact) mass is 400 g/mol. The minimum Gasteiger partial charge on any atom is -0.354 e. The quantitative estimate of drug-likeness (QED) is 0.781. The van der Waals surface area contributed by atoms with Crippen molar-refractivity contribution < 1.29 is 4.79 Å². The van der Waals surface area contributed by atoms with Gasteiger partial charge in [-0.05, 0) is 56.8 Å². The van der Waals surface area contributed by atoms with Gasteiger partial charge in [0.15, 0.2) is 0 Å². The van der Waals surface area contributed by atoms with Crippen molar-refractivity contribution in [2.45, 2.75) is 39.7 Å². The van der Waals surface area contributed by atoms with E-state index in [0.717, 1.165) is 36.5 Å². The summed E-state index contributed by atoms with van der Waals surface area (Å²) in [6.45, 7) is 7.79. The molecular weight excluding hydrogens is 371 g/mol. The van der Waals surface area contributed by atoms with Crippen LogP contribution in [0, 0.1) is 18.8 Å². The second-order valence-corrected chi connectivity index (χ2v) is 6.94. The number of halogens is 2. The van der Waals surface area contributed by atoms with Gasteiger partial charge in [-0.3, -0.25) is 4.79 Å². The van der Waals surface area contributed by atoms with E-state index in [1.807, 2.05) is 25.1 Å². The van der Waals surface area contributed by atoms with Crippen LogP contribution >= 0.6 is 24.8 Å². The van der Waals surface area contributed by atoms with Crippen molar-refractivity contribution in [1.29, 1.82) is 0 Å². The molecule has 1 saturated heterocycles. The first-order valence-corrected chi connectivity index (χ1v) is 9.04. The summed E-state index contributed by atoms with van der Waals surface area (Å²) in [5.74, 6) is 2.22. The Balaban J connectivity index is 0.00000169. The van der Waals surface area contributed by atoms with E-state index in [2.05, 4.69) is 33.2 Å². The first-order chi connectivity index (χ1) is 11.6. The second-order valence-electron chi connectivity index (χ2n) is 6.94. The first-order valence-electron chi connectivity index (χ1n) is 9.04. The van der Waals surface area contributed by atoms with E-state index in [4.69, 9.17) is 0 Å². The van der Waals surface area contributed by atoms with Crippen LogP contribution in [0.25, 0.3) is 11.0 Å². The highest BCUT2D eigenvalue weighted by Crippen LogP contribution is 2.22. The van der Waals surface area contributed by atoms with Crippen LogP contribution in [0.15, 0.2) is 24.3 Å². The summed E-state index contributed by atoms with van der Waals surface area (Å²) in [5, 5.41) is 6.51. The van der Waals surface area contributed by atoms with Crippen molar-refractivity contribution in [3.05, 3.63) is 30.1 Å². The van der Waals surface area contributed by atoms with Gasteiger partial charge in [0.05, 0.1) is 11.0 Å². The molecule has 146 valence electrons. The fraction of sp³-hybridized carbons (Fsp3) is 0.579. The van der Waals surface area contributed by atoms with Crippen LogP contribution < -0.4 is 10.6 Å². The first kappa shape index (κ1) is 22.7. The molecule has 3 rings (SSSR count). The molecule has 2 N–H and O–H groups in total. The summed E-state index contributed by atoms with van der Waals surface area (Å²) in [5.41, 5.74) is 2.14. The van der Waals surface area contributed by atoms with Crippen LogP contribution in [-0.4, -0.2) is 35.1 Å². The van der Waals surface area contributed by atoms with Crippen molar-refractivity contribution in [2.24, 2.45) is 11.8 Å². The van der Waals surface area contributed by atoms with Crippen molar-refractivity contribution in [3.8, 4) is 0 Å². The van der Waals surface area contributed by atoms with Crippen molar-refractivity contribution in [3.63, 3.8) is 0 Å². The van der Waals surface area contributed by atoms with Gasteiger partial charge in [0, 0.05) is 19.5 Å². The lowest BCUT2D eigenvalue weighted by molar-refractivity contribution is -0.122. The van der Waals surface area contributed by atoms with Gasteiger partial charge < -0.3 is 15.2 Å². The molecule has 2 atom stereocenters. The standard InChI is InChI=1S/C19H28N4O.2ClH/c1-14(16-6-5-9-20-13-16)12-19(24)21-10-11-23-15(2)22-17-7-3-4-8-18(17)23;;/h3-4,7-8,14,16,20H,5-6,9-13H2,1-2H3,(H,21,24);2*1H. The van der Waals surface area contributed by atoms with E-state index in [9.17, 15) is 4.79 Å². The van der Waals surface area contributed by atoms with E-state index in [1.54, 1.807) is 0 Å². The second kappa shape index (κ2) is 10.8. The van der Waals surface area contributed by atoms with E-state index in [-0.39, 0.29) is 30.7 Å². The summed E-state index contributed by atoms with van der Waals surface area (Å²) in [6, 6.07) is 8.13. The molecule has 1 aliphatic heterocycles. The van der Waals surface area contributed by atoms with Crippen LogP contribution in [0.5, 0.6) is 0 Å². The molecule has 0 aliphatic carbocycles. The summed E-state index contributed by atoms with van der Waals surface area (Å²) in [6.07, 6.45) is 3.08. The fourth-order valence-electron chi connectivity index (χ4n) is 3.68. The van der Waals surface area contributed by atoms with Gasteiger partial charge in [-0.25, -0.2) is 4.98 Å². The lowest BCUT2D eigenvalue weighted by atomic mass is 9.85. The Morgan fingerprint density at radius 2 is 2.15 bits per heavy atom. The summed E-state index contributed by atoms with van der Waals surface area (Å²) >= 11 is 0. The number of amides is 1. The number of benzene rings is 1. The third-order valence-electron chi connectivity index (χ3n) is 5.15. The van der Waals surface area contributed by atoms with Gasteiger partial charge in [-0.2, -0.15) is 0 Å². The van der Waals surface area contributed by atoms with Crippen molar-refractivity contribution in [1.82, 2.24) is 20.2 Å². The highest BCUT2D eigenvalue weighted by atomic mass is 35.5. The maximum Gasteiger partial charge on any atom is 0.220 e. The molecule has 2 heterocycles. The van der Waals surface area contributed by atoms with Gasteiger partial charge in [0.1, 0.15) is 5.82 Å². The Labute approximate surface area is 168 Å². The number of carbonyl (C=O) groups excluding carboxylic acids is 1. The zero-order chi connectivity index (χ0) is 16.9. The number of aromatic nitrogens is 2. The third-order valence-corrected chi connectivity index (χ3v) is 5.15. The zero-order valence-corrected chi connectivity index (χ0v) is 17.2. The molecule has 2 unspecified atom stereocenters. The van der Waals surface area contributed by atoms with Crippen molar-refractivity contribution in [2.75, 3.05) is 19.6 Å². The number of aryl methyl sites for hydroxylation is 1. The minimum absolute atomic E-state index is 0. The topological polar surface area (TPSA) is 59.0 Å². The van der Waals surface area contributed by atoms with Crippen LogP contribution in [-0.2, 0) is 11.3 Å². The highest BCUT2D eigenvalue weighted by molar-refractivity contribution is 5.85. The van der Waals surface area contributed by atoms with E-state index < -0.39 is 0 Å². The molecule has 2 aromatic rings. The van der Waals surface area contributed by atoms with Gasteiger partial charge in [0.25, 0.3) is 0 Å². The number of hydrogen-bond donors (Lipinski definition) is 2. The number of hydrogen-bond acceptors (Lipinski definition) is 3. The SMILES string of the molecule is Cc1nc2ccccc2n1CCNC(=O)CC(C)C1CCCNC1.Cl.Cl. The zero-order valence-electron chi connectivity index (χ0n) is 15.5. The number of rotatable bonds is 6. The third kappa shape index (κ3) is 5.60. The number of piperidine rings is 1. The highest BCUT2D eigenvalue weighted by Gasteiger charge is 2.21. The molecule has 7 heteroatoms. The van der Waals surface area contributed by atoms with Gasteiger partial charge in [-0.15, -0.1) is 24.8 Å². The fourth-order valence-corrected chi connectivity index (χ4v) is 3.68. The summed E-state index contributed by atoms with van der Waals surface area (Å²) < 4.78 is 2.17. The van der Waals surface area contributed by atoms with Gasteiger partial charge in [0.2, 0.25) is 5.91 Å². The molecule has 1 aromatic carbocycles. The maximum atomic E-state index is 12.2. The molecular formula is C19H30Cl2N4O. The van der Waals surface area contributed by atoms with Gasteiger partial charge in [-0.1, -0.05) is 19.1 Å². The molecule has 0 bridgehead atoms. The Morgan fingerprint density at radius 3 is 2.88 bits per heavy atom. The normalized spacial score (nSPS) is 17.8. The average Bonchev–Trinajstić information content (AvgIpc) is 2.91. The molecule has 26 heavy (non-hydrogen) atoms. The number of nitrogens with zero attached hydrogens (tertiary/aromatic N) is 2. The predicted octanol–water partition coefficient (Wildman–Crippen LogP) is 3.33. The largest absolute Gasteiger partial charge is 0.354 e. The summed E-state index contributed by atoms with van der Waals surface area (Å²) in [7, 11) is 0. The van der Waals surface area contributed by atoms with Crippen LogP contribution in [0.1, 0.15) is 32.0 Å². The summed E-state index contributed by atoms with van der Waals surface area (Å²) in [4.78, 5) is 16.8. The van der Waals surface area contributed by atoms with Crippen molar-refractivity contribution >= 4 is 41.8 Å². The number of imidazole rings is 1. The smallest absolute Gasteiger partial charge is 0.220 e. The molecule has 0 saturated carbocycles. The lowest BCUT2D eigenvalue weighted by Crippen LogP contribution is -2.36. The molecule has 1 aliphatic rings. The number of para-hydroxylation sites is 2. The Bertz CT molecular complexity index is 698. The number of fused-ring (bicyclic) bond motifs is 1. The molecule has 1 fully saturated rings. The molecule has 0 spiro atoms. The predicted molar refractivity (Wildman–Crippen MR) is 111 cm³/mol. The van der Waals surface area contributed by atoms with Crippen LogP contribution in [0.4, 0.5) is 0 Å². The Morgan fingerprint density at radius 1 is 1.38 bits per heavy atom.